The van der Waals surface area contributed by atoms with Gasteiger partial charge in [0.2, 0.25) is 0 Å². The molecule has 1 N–H and O–H groups in total. The second-order valence-corrected chi connectivity index (χ2v) is 4.45. The van der Waals surface area contributed by atoms with Gasteiger partial charge in [-0.15, -0.1) is 11.3 Å². The first kappa shape index (κ1) is 11.2. The molecule has 78 valence electrons. The number of aromatic nitrogens is 1. The number of hydrogen-bond acceptors (Lipinski definition) is 3. The lowest BCUT2D eigenvalue weighted by atomic mass is 10.1. The molecule has 0 fully saturated rings. The molecule has 4 heteroatoms. The fourth-order valence-electron chi connectivity index (χ4n) is 1.34. The summed E-state index contributed by atoms with van der Waals surface area (Å²) in [5.74, 6) is -0.242. The summed E-state index contributed by atoms with van der Waals surface area (Å²) < 4.78 is 0. The Bertz CT molecular complexity index is 307. The van der Waals surface area contributed by atoms with Crippen molar-refractivity contribution in [3.05, 3.63) is 16.1 Å². The van der Waals surface area contributed by atoms with E-state index < -0.39 is 5.97 Å². The molecule has 0 aliphatic heterocycles. The summed E-state index contributed by atoms with van der Waals surface area (Å²) in [5, 5.41) is 8.50. The lowest BCUT2D eigenvalue weighted by Crippen LogP contribution is -1.98. The van der Waals surface area contributed by atoms with Crippen LogP contribution in [-0.2, 0) is 11.2 Å². The molecule has 14 heavy (non-hydrogen) atoms. The molecule has 1 aromatic heterocycles. The average molecular weight is 213 g/mol. The third-order valence-electron chi connectivity index (χ3n) is 2.00. The van der Waals surface area contributed by atoms with Gasteiger partial charge in [0.1, 0.15) is 0 Å². The molecule has 0 radical (unpaired) electrons. The smallest absolute Gasteiger partial charge is 0.303 e. The summed E-state index contributed by atoms with van der Waals surface area (Å²) in [4.78, 5) is 15.9. The summed E-state index contributed by atoms with van der Waals surface area (Å²) >= 11 is 1.66. The van der Waals surface area contributed by atoms with Crippen molar-refractivity contribution in [1.29, 1.82) is 0 Å². The minimum Gasteiger partial charge on any atom is -0.481 e. The first-order chi connectivity index (χ1) is 6.61. The fraction of sp³-hybridized carbons (Fsp3) is 0.600. The standard InChI is InChI=1S/C10H15NO2S/c1-7(2)10-8(11-6-14-10)4-3-5-9(12)13/h6-7H,3-5H2,1-2H3,(H,12,13). The number of aliphatic carboxylic acids is 1. The van der Waals surface area contributed by atoms with Crippen molar-refractivity contribution in [2.75, 3.05) is 0 Å². The number of thiazole rings is 1. The highest BCUT2D eigenvalue weighted by Crippen LogP contribution is 2.24. The Morgan fingerprint density at radius 2 is 2.36 bits per heavy atom. The molecule has 0 saturated carbocycles. The van der Waals surface area contributed by atoms with Crippen LogP contribution in [0, 0.1) is 0 Å². The SMILES string of the molecule is CC(C)c1scnc1CCCC(=O)O. The normalized spacial score (nSPS) is 10.8. The van der Waals surface area contributed by atoms with Gasteiger partial charge in [-0.1, -0.05) is 13.8 Å². The second-order valence-electron chi connectivity index (χ2n) is 3.57. The van der Waals surface area contributed by atoms with E-state index in [4.69, 9.17) is 5.11 Å². The fourth-order valence-corrected chi connectivity index (χ4v) is 2.20. The van der Waals surface area contributed by atoms with E-state index >= 15 is 0 Å². The Hall–Kier alpha value is -0.900. The van der Waals surface area contributed by atoms with Crippen LogP contribution in [0.5, 0.6) is 0 Å². The molecule has 0 amide bonds. The third kappa shape index (κ3) is 3.10. The Kier molecular flexibility index (Phi) is 4.07. The van der Waals surface area contributed by atoms with E-state index in [-0.39, 0.29) is 6.42 Å². The maximum atomic E-state index is 10.3. The number of carboxylic acids is 1. The highest BCUT2D eigenvalue weighted by atomic mass is 32.1. The molecule has 0 spiro atoms. The van der Waals surface area contributed by atoms with E-state index in [1.54, 1.807) is 11.3 Å². The molecule has 3 nitrogen and oxygen atoms in total. The number of nitrogens with zero attached hydrogens (tertiary/aromatic N) is 1. The average Bonchev–Trinajstić information content (AvgIpc) is 2.51. The molecule has 0 bridgehead atoms. The van der Waals surface area contributed by atoms with Gasteiger partial charge in [0.05, 0.1) is 11.2 Å². The maximum absolute atomic E-state index is 10.3. The Morgan fingerprint density at radius 3 is 2.93 bits per heavy atom. The van der Waals surface area contributed by atoms with Crippen LogP contribution in [0.4, 0.5) is 0 Å². The molecule has 0 atom stereocenters. The molecule has 1 heterocycles. The van der Waals surface area contributed by atoms with Crippen LogP contribution in [-0.4, -0.2) is 16.1 Å². The number of aryl methyl sites for hydroxylation is 1. The molecule has 1 aromatic rings. The molecule has 0 aromatic carbocycles. The highest BCUT2D eigenvalue weighted by Gasteiger charge is 2.09. The lowest BCUT2D eigenvalue weighted by Gasteiger charge is -2.03. The highest BCUT2D eigenvalue weighted by molar-refractivity contribution is 7.09. The predicted octanol–water partition coefficient (Wildman–Crippen LogP) is 2.67. The number of hydrogen-bond donors (Lipinski definition) is 1. The zero-order valence-corrected chi connectivity index (χ0v) is 9.30. The molecule has 0 saturated heterocycles. The van der Waals surface area contributed by atoms with Crippen LogP contribution in [0.3, 0.4) is 0 Å². The van der Waals surface area contributed by atoms with Crippen LogP contribution >= 0.6 is 11.3 Å². The Morgan fingerprint density at radius 1 is 1.64 bits per heavy atom. The van der Waals surface area contributed by atoms with E-state index in [2.05, 4.69) is 18.8 Å². The van der Waals surface area contributed by atoms with Gasteiger partial charge in [-0.3, -0.25) is 4.79 Å². The van der Waals surface area contributed by atoms with E-state index in [1.807, 2.05) is 5.51 Å². The summed E-state index contributed by atoms with van der Waals surface area (Å²) in [7, 11) is 0. The van der Waals surface area contributed by atoms with Crippen LogP contribution in [0.2, 0.25) is 0 Å². The summed E-state index contributed by atoms with van der Waals surface area (Å²) in [6, 6.07) is 0. The van der Waals surface area contributed by atoms with Crippen molar-refractivity contribution < 1.29 is 9.90 Å². The Balaban J connectivity index is 2.50. The predicted molar refractivity (Wildman–Crippen MR) is 56.8 cm³/mol. The maximum Gasteiger partial charge on any atom is 0.303 e. The quantitative estimate of drug-likeness (QED) is 0.818. The summed E-state index contributed by atoms with van der Waals surface area (Å²) in [5.41, 5.74) is 2.91. The van der Waals surface area contributed by atoms with Crippen molar-refractivity contribution in [3.63, 3.8) is 0 Å². The van der Waals surface area contributed by atoms with E-state index in [9.17, 15) is 4.79 Å². The van der Waals surface area contributed by atoms with Crippen LogP contribution in [0.25, 0.3) is 0 Å². The van der Waals surface area contributed by atoms with Crippen molar-refractivity contribution in [2.45, 2.75) is 39.0 Å². The topological polar surface area (TPSA) is 50.2 Å². The largest absolute Gasteiger partial charge is 0.481 e. The molecular weight excluding hydrogens is 198 g/mol. The van der Waals surface area contributed by atoms with Crippen molar-refractivity contribution >= 4 is 17.3 Å². The number of rotatable bonds is 5. The van der Waals surface area contributed by atoms with Gasteiger partial charge in [-0.25, -0.2) is 4.98 Å². The van der Waals surface area contributed by atoms with E-state index in [0.29, 0.717) is 12.3 Å². The molecule has 0 aliphatic carbocycles. The molecular formula is C10H15NO2S. The van der Waals surface area contributed by atoms with Gasteiger partial charge in [0.25, 0.3) is 0 Å². The first-order valence-electron chi connectivity index (χ1n) is 4.75. The number of carboxylic acid groups (broad SMARTS) is 1. The first-order valence-corrected chi connectivity index (χ1v) is 5.63. The molecule has 1 rings (SSSR count). The minimum absolute atomic E-state index is 0.231. The monoisotopic (exact) mass is 213 g/mol. The lowest BCUT2D eigenvalue weighted by molar-refractivity contribution is -0.137. The van der Waals surface area contributed by atoms with Gasteiger partial charge in [-0.2, -0.15) is 0 Å². The summed E-state index contributed by atoms with van der Waals surface area (Å²) in [6.07, 6.45) is 1.69. The third-order valence-corrected chi connectivity index (χ3v) is 3.17. The Labute approximate surface area is 87.8 Å². The van der Waals surface area contributed by atoms with Gasteiger partial charge in [-0.05, 0) is 18.8 Å². The van der Waals surface area contributed by atoms with Crippen LogP contribution < -0.4 is 0 Å². The van der Waals surface area contributed by atoms with E-state index in [0.717, 1.165) is 12.1 Å². The van der Waals surface area contributed by atoms with Gasteiger partial charge in [0.15, 0.2) is 0 Å². The van der Waals surface area contributed by atoms with Crippen LogP contribution in [0.15, 0.2) is 5.51 Å². The molecule has 0 unspecified atom stereocenters. The van der Waals surface area contributed by atoms with Gasteiger partial charge in [0, 0.05) is 11.3 Å². The number of carbonyl (C=O) groups is 1. The minimum atomic E-state index is -0.730. The summed E-state index contributed by atoms with van der Waals surface area (Å²) in [6.45, 7) is 4.27. The second kappa shape index (κ2) is 5.10. The zero-order valence-electron chi connectivity index (χ0n) is 8.49. The van der Waals surface area contributed by atoms with E-state index in [1.165, 1.54) is 4.88 Å². The van der Waals surface area contributed by atoms with Crippen molar-refractivity contribution in [1.82, 2.24) is 4.98 Å². The van der Waals surface area contributed by atoms with Gasteiger partial charge < -0.3 is 5.11 Å². The van der Waals surface area contributed by atoms with Crippen molar-refractivity contribution in [2.24, 2.45) is 0 Å². The zero-order chi connectivity index (χ0) is 10.6. The van der Waals surface area contributed by atoms with Crippen LogP contribution in [0.1, 0.15) is 43.2 Å². The van der Waals surface area contributed by atoms with Gasteiger partial charge >= 0.3 is 5.97 Å². The molecule has 0 aliphatic rings. The van der Waals surface area contributed by atoms with Crippen molar-refractivity contribution in [3.8, 4) is 0 Å².